The first kappa shape index (κ1) is 15.8. The van der Waals surface area contributed by atoms with E-state index in [4.69, 9.17) is 4.52 Å². The van der Waals surface area contributed by atoms with E-state index in [0.29, 0.717) is 17.8 Å². The molecule has 0 spiro atoms. The van der Waals surface area contributed by atoms with Gasteiger partial charge in [-0.15, -0.1) is 0 Å². The molecular formula is C18H21N5O2. The van der Waals surface area contributed by atoms with E-state index in [1.807, 2.05) is 23.5 Å². The Hall–Kier alpha value is -2.70. The predicted molar refractivity (Wildman–Crippen MR) is 92.2 cm³/mol. The molecule has 7 heteroatoms. The fraction of sp³-hybridized carbons (Fsp3) is 0.444. The third-order valence-electron chi connectivity index (χ3n) is 4.77. The smallest absolute Gasteiger partial charge is 0.257 e. The van der Waals surface area contributed by atoms with Crippen LogP contribution in [0.4, 0.5) is 0 Å². The number of imidazole rings is 1. The molecule has 7 nitrogen and oxygen atoms in total. The van der Waals surface area contributed by atoms with Crippen molar-refractivity contribution in [1.82, 2.24) is 24.6 Å². The van der Waals surface area contributed by atoms with Crippen molar-refractivity contribution in [3.63, 3.8) is 0 Å². The molecule has 4 heterocycles. The van der Waals surface area contributed by atoms with Crippen LogP contribution in [0.1, 0.15) is 48.3 Å². The molecule has 1 saturated heterocycles. The van der Waals surface area contributed by atoms with Crippen molar-refractivity contribution in [2.45, 2.75) is 38.6 Å². The Kier molecular flexibility index (Phi) is 4.21. The number of hydrogen-bond donors (Lipinski definition) is 0. The van der Waals surface area contributed by atoms with Crippen LogP contribution in [0.5, 0.6) is 0 Å². The Bertz CT molecular complexity index is 871. The number of aromatic nitrogens is 4. The lowest BCUT2D eigenvalue weighted by molar-refractivity contribution is 0.0679. The zero-order valence-electron chi connectivity index (χ0n) is 14.3. The van der Waals surface area contributed by atoms with Crippen LogP contribution < -0.4 is 0 Å². The SMILES string of the molecule is CCCc1noc2ncc(C(=O)N3CCCC(n4ccnc4)C3)cc12. The maximum atomic E-state index is 13.0. The molecule has 0 radical (unpaired) electrons. The van der Waals surface area contributed by atoms with E-state index in [-0.39, 0.29) is 11.9 Å². The molecule has 1 fully saturated rings. The van der Waals surface area contributed by atoms with Crippen molar-refractivity contribution in [3.05, 3.63) is 42.2 Å². The molecule has 1 aliphatic rings. The standard InChI is InChI=1S/C18H21N5O2/c1-2-4-16-15-9-13(10-20-17(15)25-21-16)18(24)22-7-3-5-14(11-22)23-8-6-19-12-23/h6,8-10,12,14H,2-5,7,11H2,1H3. The van der Waals surface area contributed by atoms with E-state index < -0.39 is 0 Å². The summed E-state index contributed by atoms with van der Waals surface area (Å²) in [6.45, 7) is 3.55. The Morgan fingerprint density at radius 3 is 3.16 bits per heavy atom. The predicted octanol–water partition coefficient (Wildman–Crippen LogP) is 2.85. The van der Waals surface area contributed by atoms with Gasteiger partial charge in [0, 0.05) is 31.7 Å². The van der Waals surface area contributed by atoms with Crippen molar-refractivity contribution in [1.29, 1.82) is 0 Å². The van der Waals surface area contributed by atoms with Crippen LogP contribution in [0.2, 0.25) is 0 Å². The molecule has 1 aliphatic heterocycles. The summed E-state index contributed by atoms with van der Waals surface area (Å²) in [5.74, 6) is 0.0165. The van der Waals surface area contributed by atoms with Crippen LogP contribution in [0.3, 0.4) is 0 Å². The van der Waals surface area contributed by atoms with E-state index in [2.05, 4.69) is 26.6 Å². The lowest BCUT2D eigenvalue weighted by Crippen LogP contribution is -2.40. The summed E-state index contributed by atoms with van der Waals surface area (Å²) < 4.78 is 7.34. The van der Waals surface area contributed by atoms with Gasteiger partial charge >= 0.3 is 0 Å². The van der Waals surface area contributed by atoms with Gasteiger partial charge in [0.25, 0.3) is 11.6 Å². The summed E-state index contributed by atoms with van der Waals surface area (Å²) in [5, 5.41) is 4.91. The third-order valence-corrected chi connectivity index (χ3v) is 4.77. The van der Waals surface area contributed by atoms with E-state index in [9.17, 15) is 4.79 Å². The molecule has 3 aromatic heterocycles. The molecule has 0 bridgehead atoms. The van der Waals surface area contributed by atoms with Crippen molar-refractivity contribution in [2.24, 2.45) is 0 Å². The van der Waals surface area contributed by atoms with Crippen LogP contribution >= 0.6 is 0 Å². The van der Waals surface area contributed by atoms with Gasteiger partial charge in [0.05, 0.1) is 29.0 Å². The second-order valence-corrected chi connectivity index (χ2v) is 6.51. The number of pyridine rings is 1. The number of hydrogen-bond acceptors (Lipinski definition) is 5. The normalized spacial score (nSPS) is 18.0. The van der Waals surface area contributed by atoms with Crippen LogP contribution in [0, 0.1) is 0 Å². The largest absolute Gasteiger partial charge is 0.337 e. The van der Waals surface area contributed by atoms with E-state index in [0.717, 1.165) is 43.3 Å². The van der Waals surface area contributed by atoms with Crippen LogP contribution in [-0.4, -0.2) is 43.6 Å². The minimum atomic E-state index is 0.0165. The van der Waals surface area contributed by atoms with Gasteiger partial charge in [-0.2, -0.15) is 0 Å². The third kappa shape index (κ3) is 3.01. The Balaban J connectivity index is 1.57. The minimum absolute atomic E-state index is 0.0165. The van der Waals surface area contributed by atoms with Gasteiger partial charge in [-0.3, -0.25) is 4.79 Å². The highest BCUT2D eigenvalue weighted by Crippen LogP contribution is 2.24. The highest BCUT2D eigenvalue weighted by Gasteiger charge is 2.26. The molecule has 130 valence electrons. The van der Waals surface area contributed by atoms with Gasteiger partial charge in [0.15, 0.2) is 0 Å². The van der Waals surface area contributed by atoms with Gasteiger partial charge in [-0.25, -0.2) is 9.97 Å². The molecule has 1 amide bonds. The fourth-order valence-corrected chi connectivity index (χ4v) is 3.46. The van der Waals surface area contributed by atoms with E-state index in [1.54, 1.807) is 12.4 Å². The van der Waals surface area contributed by atoms with Crippen LogP contribution in [0.25, 0.3) is 11.1 Å². The van der Waals surface area contributed by atoms with Crippen molar-refractivity contribution >= 4 is 17.0 Å². The number of likely N-dealkylation sites (tertiary alicyclic amines) is 1. The molecule has 0 aromatic carbocycles. The topological polar surface area (TPSA) is 77.0 Å². The van der Waals surface area contributed by atoms with Gasteiger partial charge in [0.2, 0.25) is 0 Å². The van der Waals surface area contributed by atoms with Crippen molar-refractivity contribution < 1.29 is 9.32 Å². The number of aryl methyl sites for hydroxylation is 1. The Labute approximate surface area is 145 Å². The molecule has 1 unspecified atom stereocenters. The molecule has 0 saturated carbocycles. The molecule has 0 N–H and O–H groups in total. The zero-order chi connectivity index (χ0) is 17.2. The highest BCUT2D eigenvalue weighted by atomic mass is 16.5. The van der Waals surface area contributed by atoms with Gasteiger partial charge in [0.1, 0.15) is 0 Å². The summed E-state index contributed by atoms with van der Waals surface area (Å²) >= 11 is 0. The number of fused-ring (bicyclic) bond motifs is 1. The molecule has 4 rings (SSSR count). The second-order valence-electron chi connectivity index (χ2n) is 6.51. The van der Waals surface area contributed by atoms with Gasteiger partial charge in [-0.05, 0) is 25.3 Å². The minimum Gasteiger partial charge on any atom is -0.337 e. The van der Waals surface area contributed by atoms with Crippen molar-refractivity contribution in [2.75, 3.05) is 13.1 Å². The first-order valence-corrected chi connectivity index (χ1v) is 8.77. The first-order chi connectivity index (χ1) is 12.3. The average molecular weight is 339 g/mol. The lowest BCUT2D eigenvalue weighted by Gasteiger charge is -2.33. The summed E-state index contributed by atoms with van der Waals surface area (Å²) in [6.07, 6.45) is 11.0. The monoisotopic (exact) mass is 339 g/mol. The summed E-state index contributed by atoms with van der Waals surface area (Å²) in [4.78, 5) is 23.3. The van der Waals surface area contributed by atoms with Gasteiger partial charge < -0.3 is 14.0 Å². The maximum absolute atomic E-state index is 13.0. The average Bonchev–Trinajstić information content (AvgIpc) is 3.32. The molecule has 3 aromatic rings. The van der Waals surface area contributed by atoms with Gasteiger partial charge in [-0.1, -0.05) is 18.5 Å². The number of rotatable bonds is 4. The van der Waals surface area contributed by atoms with E-state index >= 15 is 0 Å². The lowest BCUT2D eigenvalue weighted by atomic mass is 10.0. The Morgan fingerprint density at radius 1 is 1.44 bits per heavy atom. The zero-order valence-corrected chi connectivity index (χ0v) is 14.3. The number of piperidine rings is 1. The highest BCUT2D eigenvalue weighted by molar-refractivity contribution is 5.97. The number of nitrogens with zero attached hydrogens (tertiary/aromatic N) is 5. The molecule has 0 aliphatic carbocycles. The molecule has 25 heavy (non-hydrogen) atoms. The second kappa shape index (κ2) is 6.66. The van der Waals surface area contributed by atoms with Crippen LogP contribution in [-0.2, 0) is 6.42 Å². The van der Waals surface area contributed by atoms with E-state index in [1.165, 1.54) is 0 Å². The summed E-state index contributed by atoms with van der Waals surface area (Å²) in [7, 11) is 0. The van der Waals surface area contributed by atoms with Crippen molar-refractivity contribution in [3.8, 4) is 0 Å². The molecular weight excluding hydrogens is 318 g/mol. The quantitative estimate of drug-likeness (QED) is 0.730. The molecule has 1 atom stereocenters. The summed E-state index contributed by atoms with van der Waals surface area (Å²) in [6, 6.07) is 2.15. The number of carbonyl (C=O) groups is 1. The van der Waals surface area contributed by atoms with Crippen LogP contribution in [0.15, 0.2) is 35.5 Å². The number of amides is 1. The summed E-state index contributed by atoms with van der Waals surface area (Å²) in [5.41, 5.74) is 1.96. The maximum Gasteiger partial charge on any atom is 0.257 e. The number of carbonyl (C=O) groups excluding carboxylic acids is 1. The first-order valence-electron chi connectivity index (χ1n) is 8.77. The Morgan fingerprint density at radius 2 is 2.36 bits per heavy atom. The fourth-order valence-electron chi connectivity index (χ4n) is 3.46.